The minimum absolute atomic E-state index is 0.117. The van der Waals surface area contributed by atoms with E-state index in [1.54, 1.807) is 12.1 Å². The third kappa shape index (κ3) is 4.49. The molecule has 0 heterocycles. The van der Waals surface area contributed by atoms with Crippen LogP contribution in [0.5, 0.6) is 0 Å². The molecule has 1 rings (SSSR count). The van der Waals surface area contributed by atoms with E-state index in [0.717, 1.165) is 5.56 Å². The molecule has 1 aromatic carbocycles. The van der Waals surface area contributed by atoms with Crippen LogP contribution in [-0.2, 0) is 14.3 Å². The van der Waals surface area contributed by atoms with Crippen molar-refractivity contribution < 1.29 is 12.6 Å². The summed E-state index contributed by atoms with van der Waals surface area (Å²) in [5.74, 6) is 2.71. The second-order valence-corrected chi connectivity index (χ2v) is 6.37. The fraction of sp³-hybridized carbons (Fsp3) is 0.385. The maximum absolute atomic E-state index is 11.7. The minimum Gasteiger partial charge on any atom is -0.324 e. The van der Waals surface area contributed by atoms with E-state index in [4.69, 9.17) is 0 Å². The van der Waals surface area contributed by atoms with E-state index in [0.29, 0.717) is 0 Å². The van der Waals surface area contributed by atoms with Crippen LogP contribution in [-0.4, -0.2) is 8.42 Å². The average molecular weight is 252 g/mol. The Kier molecular flexibility index (Phi) is 3.84. The third-order valence-electron chi connectivity index (χ3n) is 1.89. The largest absolute Gasteiger partial charge is 0.347 e. The van der Waals surface area contributed by atoms with Crippen LogP contribution in [0.25, 0.3) is 0 Å². The van der Waals surface area contributed by atoms with Crippen LogP contribution >= 0.6 is 0 Å². The third-order valence-corrected chi connectivity index (χ3v) is 3.04. The van der Waals surface area contributed by atoms with E-state index in [2.05, 4.69) is 16.2 Å². The molecule has 0 fully saturated rings. The SMILES string of the molecule is Cc1ccc(S(=O)(=O)OC#CC(C)(C)C)cc1. The molecule has 0 aliphatic carbocycles. The van der Waals surface area contributed by atoms with Crippen LogP contribution in [0.2, 0.25) is 0 Å². The second kappa shape index (κ2) is 4.80. The van der Waals surface area contributed by atoms with Gasteiger partial charge in [0.1, 0.15) is 11.0 Å². The molecule has 0 saturated heterocycles. The van der Waals surface area contributed by atoms with Gasteiger partial charge in [0.15, 0.2) is 0 Å². The summed E-state index contributed by atoms with van der Waals surface area (Å²) < 4.78 is 28.1. The van der Waals surface area contributed by atoms with Crippen LogP contribution in [0.3, 0.4) is 0 Å². The van der Waals surface area contributed by atoms with Crippen molar-refractivity contribution in [2.45, 2.75) is 32.6 Å². The number of hydrogen-bond acceptors (Lipinski definition) is 3. The molecular weight excluding hydrogens is 236 g/mol. The molecule has 1 aromatic rings. The van der Waals surface area contributed by atoms with Crippen molar-refractivity contribution in [1.82, 2.24) is 0 Å². The first kappa shape index (κ1) is 13.6. The van der Waals surface area contributed by atoms with Gasteiger partial charge >= 0.3 is 10.1 Å². The highest BCUT2D eigenvalue weighted by atomic mass is 32.2. The number of rotatable bonds is 2. The lowest BCUT2D eigenvalue weighted by Crippen LogP contribution is -2.04. The van der Waals surface area contributed by atoms with Crippen molar-refractivity contribution in [3.63, 3.8) is 0 Å². The van der Waals surface area contributed by atoms with E-state index in [9.17, 15) is 8.42 Å². The highest BCUT2D eigenvalue weighted by Gasteiger charge is 2.14. The minimum atomic E-state index is -3.77. The Labute approximate surface area is 103 Å². The monoisotopic (exact) mass is 252 g/mol. The molecule has 0 aliphatic rings. The summed E-state index contributed by atoms with van der Waals surface area (Å²) in [7, 11) is -3.77. The Balaban J connectivity index is 2.89. The van der Waals surface area contributed by atoms with Gasteiger partial charge in [0.25, 0.3) is 0 Å². The zero-order valence-corrected chi connectivity index (χ0v) is 11.3. The van der Waals surface area contributed by atoms with E-state index in [-0.39, 0.29) is 10.3 Å². The van der Waals surface area contributed by atoms with Crippen LogP contribution in [0.1, 0.15) is 26.3 Å². The quantitative estimate of drug-likeness (QED) is 0.600. The Hall–Kier alpha value is -1.47. The van der Waals surface area contributed by atoms with Crippen LogP contribution < -0.4 is 0 Å². The maximum Gasteiger partial charge on any atom is 0.347 e. The van der Waals surface area contributed by atoms with Crippen molar-refractivity contribution in [2.75, 3.05) is 0 Å². The molecule has 0 unspecified atom stereocenters. The molecule has 3 nitrogen and oxygen atoms in total. The standard InChI is InChI=1S/C13H16O3S/c1-11-5-7-12(8-6-11)17(14,15)16-10-9-13(2,3)4/h5-8H,1-4H3. The Morgan fingerprint density at radius 3 is 2.12 bits per heavy atom. The molecule has 4 heteroatoms. The molecule has 0 aromatic heterocycles. The summed E-state index contributed by atoms with van der Waals surface area (Å²) in [6, 6.07) is 6.44. The van der Waals surface area contributed by atoms with Crippen molar-refractivity contribution in [2.24, 2.45) is 5.41 Å². The van der Waals surface area contributed by atoms with Crippen LogP contribution in [0, 0.1) is 24.4 Å². The van der Waals surface area contributed by atoms with Crippen molar-refractivity contribution >= 4 is 10.1 Å². The Morgan fingerprint density at radius 1 is 1.12 bits per heavy atom. The molecule has 92 valence electrons. The van der Waals surface area contributed by atoms with Crippen LogP contribution in [0.4, 0.5) is 0 Å². The van der Waals surface area contributed by atoms with E-state index >= 15 is 0 Å². The summed E-state index contributed by atoms with van der Waals surface area (Å²) in [5.41, 5.74) is 0.702. The van der Waals surface area contributed by atoms with E-state index in [1.807, 2.05) is 27.7 Å². The molecule has 17 heavy (non-hydrogen) atoms. The molecule has 0 atom stereocenters. The molecule has 0 saturated carbocycles. The summed E-state index contributed by atoms with van der Waals surface area (Å²) in [6.07, 6.45) is 2.24. The first-order valence-corrected chi connectivity index (χ1v) is 6.64. The summed E-state index contributed by atoms with van der Waals surface area (Å²) >= 11 is 0. The molecule has 0 amide bonds. The fourth-order valence-electron chi connectivity index (χ4n) is 0.982. The predicted molar refractivity (Wildman–Crippen MR) is 66.7 cm³/mol. The smallest absolute Gasteiger partial charge is 0.324 e. The lowest BCUT2D eigenvalue weighted by atomic mass is 9.99. The van der Waals surface area contributed by atoms with Gasteiger partial charge in [-0.1, -0.05) is 23.6 Å². The number of hydrogen-bond donors (Lipinski definition) is 0. The average Bonchev–Trinajstić information content (AvgIpc) is 2.15. The van der Waals surface area contributed by atoms with Gasteiger partial charge in [0.05, 0.1) is 0 Å². The van der Waals surface area contributed by atoms with Gasteiger partial charge in [0, 0.05) is 5.41 Å². The number of aryl methyl sites for hydroxylation is 1. The van der Waals surface area contributed by atoms with Gasteiger partial charge in [-0.25, -0.2) is 0 Å². The maximum atomic E-state index is 11.7. The summed E-state index contributed by atoms with van der Waals surface area (Å²) in [6.45, 7) is 7.52. The highest BCUT2D eigenvalue weighted by Crippen LogP contribution is 2.14. The predicted octanol–water partition coefficient (Wildman–Crippen LogP) is 2.71. The summed E-state index contributed by atoms with van der Waals surface area (Å²) in [4.78, 5) is 0.117. The van der Waals surface area contributed by atoms with Gasteiger partial charge in [-0.05, 0) is 39.8 Å². The molecule has 0 bridgehead atoms. The second-order valence-electron chi connectivity index (χ2n) is 4.83. The van der Waals surface area contributed by atoms with Crippen molar-refractivity contribution in [3.8, 4) is 12.0 Å². The van der Waals surface area contributed by atoms with E-state index in [1.165, 1.54) is 12.1 Å². The lowest BCUT2D eigenvalue weighted by molar-refractivity contribution is 0.461. The molecule has 0 N–H and O–H groups in total. The molecular formula is C13H16O3S. The van der Waals surface area contributed by atoms with Gasteiger partial charge < -0.3 is 4.18 Å². The van der Waals surface area contributed by atoms with Crippen molar-refractivity contribution in [1.29, 1.82) is 0 Å². The number of benzene rings is 1. The molecule has 0 aliphatic heterocycles. The van der Waals surface area contributed by atoms with Crippen molar-refractivity contribution in [3.05, 3.63) is 29.8 Å². The highest BCUT2D eigenvalue weighted by molar-refractivity contribution is 7.86. The normalized spacial score (nSPS) is 11.5. The topological polar surface area (TPSA) is 43.4 Å². The Morgan fingerprint density at radius 2 is 1.65 bits per heavy atom. The van der Waals surface area contributed by atoms with E-state index < -0.39 is 10.1 Å². The zero-order chi connectivity index (χ0) is 13.1. The zero-order valence-electron chi connectivity index (χ0n) is 10.4. The van der Waals surface area contributed by atoms with Crippen LogP contribution in [0.15, 0.2) is 29.2 Å². The van der Waals surface area contributed by atoms with Gasteiger partial charge in [-0.2, -0.15) is 8.42 Å². The molecule has 0 radical (unpaired) electrons. The lowest BCUT2D eigenvalue weighted by Gasteiger charge is -2.06. The Bertz CT molecular complexity index is 537. The van der Waals surface area contributed by atoms with Gasteiger partial charge in [-0.3, -0.25) is 0 Å². The van der Waals surface area contributed by atoms with Gasteiger partial charge in [-0.15, -0.1) is 0 Å². The first-order valence-electron chi connectivity index (χ1n) is 5.23. The first-order chi connectivity index (χ1) is 7.71. The molecule has 0 spiro atoms. The summed E-state index contributed by atoms with van der Waals surface area (Å²) in [5, 5.41) is 0. The fourth-order valence-corrected chi connectivity index (χ4v) is 1.70. The van der Waals surface area contributed by atoms with Gasteiger partial charge in [0.2, 0.25) is 0 Å².